The van der Waals surface area contributed by atoms with E-state index in [9.17, 15) is 4.39 Å². The third-order valence-corrected chi connectivity index (χ3v) is 4.40. The summed E-state index contributed by atoms with van der Waals surface area (Å²) in [7, 11) is 0. The molecular formula is C16H13Cl2FN2. The molecule has 2 nitrogen and oxygen atoms in total. The first kappa shape index (κ1) is 14.4. The zero-order valence-corrected chi connectivity index (χ0v) is 12.8. The van der Waals surface area contributed by atoms with Crippen molar-refractivity contribution in [3.8, 4) is 0 Å². The number of benzene rings is 2. The molecule has 1 unspecified atom stereocenters. The number of nitrogens with one attached hydrogen (secondary N) is 1. The third kappa shape index (κ3) is 2.52. The molecule has 1 aliphatic rings. The minimum Gasteiger partial charge on any atom is -0.345 e. The monoisotopic (exact) mass is 322 g/mol. The van der Waals surface area contributed by atoms with Crippen molar-refractivity contribution in [2.45, 2.75) is 19.5 Å². The lowest BCUT2D eigenvalue weighted by Gasteiger charge is -2.27. The van der Waals surface area contributed by atoms with Crippen molar-refractivity contribution < 1.29 is 4.39 Å². The summed E-state index contributed by atoms with van der Waals surface area (Å²) >= 11 is 12.2. The van der Waals surface area contributed by atoms with Gasteiger partial charge in [0.15, 0.2) is 0 Å². The zero-order valence-electron chi connectivity index (χ0n) is 11.3. The predicted molar refractivity (Wildman–Crippen MR) is 83.6 cm³/mol. The average Bonchev–Trinajstić information content (AvgIpc) is 2.75. The van der Waals surface area contributed by atoms with Crippen LogP contribution in [0.15, 0.2) is 36.4 Å². The number of halogens is 3. The summed E-state index contributed by atoms with van der Waals surface area (Å²) in [6.45, 7) is 2.56. The van der Waals surface area contributed by atoms with Crippen LogP contribution in [0.25, 0.3) is 0 Å². The average molecular weight is 323 g/mol. The van der Waals surface area contributed by atoms with E-state index in [4.69, 9.17) is 28.6 Å². The van der Waals surface area contributed by atoms with Crippen LogP contribution in [0.4, 0.5) is 4.39 Å². The van der Waals surface area contributed by atoms with E-state index in [0.29, 0.717) is 28.0 Å². The van der Waals surface area contributed by atoms with Gasteiger partial charge < -0.3 is 4.90 Å². The maximum Gasteiger partial charge on any atom is 0.129 e. The molecule has 108 valence electrons. The van der Waals surface area contributed by atoms with Crippen molar-refractivity contribution in [2.75, 3.05) is 0 Å². The molecular weight excluding hydrogens is 310 g/mol. The second kappa shape index (κ2) is 5.32. The Morgan fingerprint density at radius 3 is 2.67 bits per heavy atom. The van der Waals surface area contributed by atoms with E-state index in [0.717, 1.165) is 11.1 Å². The lowest BCUT2D eigenvalue weighted by molar-refractivity contribution is 0.341. The number of nitrogens with zero attached hydrogens (tertiary/aromatic N) is 1. The van der Waals surface area contributed by atoms with Crippen LogP contribution in [-0.2, 0) is 6.54 Å². The van der Waals surface area contributed by atoms with E-state index < -0.39 is 0 Å². The van der Waals surface area contributed by atoms with Crippen LogP contribution in [-0.4, -0.2) is 10.7 Å². The molecule has 0 spiro atoms. The van der Waals surface area contributed by atoms with E-state index in [2.05, 4.69) is 0 Å². The fraction of sp³-hybridized carbons (Fsp3) is 0.188. The Hall–Kier alpha value is -1.58. The highest BCUT2D eigenvalue weighted by molar-refractivity contribution is 6.35. The molecule has 5 heteroatoms. The Bertz CT molecular complexity index is 730. The van der Waals surface area contributed by atoms with Crippen LogP contribution in [0.5, 0.6) is 0 Å². The second-order valence-electron chi connectivity index (χ2n) is 5.12. The number of hydrogen-bond acceptors (Lipinski definition) is 1. The summed E-state index contributed by atoms with van der Waals surface area (Å²) in [6.07, 6.45) is 0. The van der Waals surface area contributed by atoms with Gasteiger partial charge in [-0.2, -0.15) is 0 Å². The first-order valence-corrected chi connectivity index (χ1v) is 7.32. The predicted octanol–water partition coefficient (Wildman–Crippen LogP) is 5.03. The molecule has 1 atom stereocenters. The Morgan fingerprint density at radius 2 is 1.95 bits per heavy atom. The second-order valence-corrected chi connectivity index (χ2v) is 5.96. The molecule has 0 saturated heterocycles. The van der Waals surface area contributed by atoms with Gasteiger partial charge in [-0.15, -0.1) is 0 Å². The highest BCUT2D eigenvalue weighted by Crippen LogP contribution is 2.35. The first-order valence-electron chi connectivity index (χ1n) is 6.56. The minimum absolute atomic E-state index is 0.0854. The molecule has 0 fully saturated rings. The van der Waals surface area contributed by atoms with Gasteiger partial charge >= 0.3 is 0 Å². The van der Waals surface area contributed by atoms with Gasteiger partial charge in [0.05, 0.1) is 6.04 Å². The standard InChI is InChI=1S/C16H13Cl2FN2/c1-9(13-5-3-11(17)6-15(13)18)21-8-10-2-4-12(19)7-14(10)16(21)20/h2-7,9,20H,8H2,1H3. The van der Waals surface area contributed by atoms with Crippen molar-refractivity contribution >= 4 is 29.0 Å². The lowest BCUT2D eigenvalue weighted by Crippen LogP contribution is -2.27. The van der Waals surface area contributed by atoms with E-state index in [1.165, 1.54) is 12.1 Å². The summed E-state index contributed by atoms with van der Waals surface area (Å²) in [5, 5.41) is 9.42. The van der Waals surface area contributed by atoms with Crippen LogP contribution in [0.2, 0.25) is 10.0 Å². The fourth-order valence-electron chi connectivity index (χ4n) is 2.66. The molecule has 0 aliphatic carbocycles. The maximum atomic E-state index is 13.3. The molecule has 0 radical (unpaired) electrons. The van der Waals surface area contributed by atoms with Gasteiger partial charge in [0.1, 0.15) is 11.7 Å². The van der Waals surface area contributed by atoms with Gasteiger partial charge in [-0.1, -0.05) is 35.3 Å². The lowest BCUT2D eigenvalue weighted by atomic mass is 10.1. The third-order valence-electron chi connectivity index (χ3n) is 3.84. The van der Waals surface area contributed by atoms with Crippen molar-refractivity contribution in [3.05, 3.63) is 69.0 Å². The Morgan fingerprint density at radius 1 is 1.19 bits per heavy atom. The molecule has 2 aromatic carbocycles. The highest BCUT2D eigenvalue weighted by Gasteiger charge is 2.29. The van der Waals surface area contributed by atoms with Gasteiger partial charge in [-0.25, -0.2) is 4.39 Å². The van der Waals surface area contributed by atoms with Crippen molar-refractivity contribution in [3.63, 3.8) is 0 Å². The Balaban J connectivity index is 1.94. The quantitative estimate of drug-likeness (QED) is 0.824. The van der Waals surface area contributed by atoms with E-state index in [-0.39, 0.29) is 11.9 Å². The normalized spacial score (nSPS) is 15.2. The number of fused-ring (bicyclic) bond motifs is 1. The SMILES string of the molecule is CC(c1ccc(Cl)cc1Cl)N1Cc2ccc(F)cc2C1=N. The van der Waals surface area contributed by atoms with E-state index >= 15 is 0 Å². The number of amidine groups is 1. The molecule has 21 heavy (non-hydrogen) atoms. The molecule has 2 aromatic rings. The number of rotatable bonds is 2. The highest BCUT2D eigenvalue weighted by atomic mass is 35.5. The largest absolute Gasteiger partial charge is 0.345 e. The molecule has 1 heterocycles. The fourth-order valence-corrected chi connectivity index (χ4v) is 3.23. The van der Waals surface area contributed by atoms with Crippen LogP contribution in [0.3, 0.4) is 0 Å². The van der Waals surface area contributed by atoms with Gasteiger partial charge in [0.2, 0.25) is 0 Å². The van der Waals surface area contributed by atoms with Crippen LogP contribution in [0, 0.1) is 11.2 Å². The van der Waals surface area contributed by atoms with Crippen LogP contribution in [0.1, 0.15) is 29.7 Å². The maximum absolute atomic E-state index is 13.3. The summed E-state index contributed by atoms with van der Waals surface area (Å²) in [5.41, 5.74) is 2.50. The van der Waals surface area contributed by atoms with Crippen molar-refractivity contribution in [1.82, 2.24) is 4.90 Å². The summed E-state index contributed by atoms with van der Waals surface area (Å²) < 4.78 is 13.3. The zero-order chi connectivity index (χ0) is 15.1. The molecule has 1 N–H and O–H groups in total. The summed E-state index contributed by atoms with van der Waals surface area (Å²) in [6, 6.07) is 9.83. The topological polar surface area (TPSA) is 27.1 Å². The smallest absolute Gasteiger partial charge is 0.129 e. The van der Waals surface area contributed by atoms with Gasteiger partial charge in [-0.05, 0) is 42.3 Å². The Kier molecular flexibility index (Phi) is 3.64. The minimum atomic E-state index is -0.322. The molecule has 3 rings (SSSR count). The van der Waals surface area contributed by atoms with Gasteiger partial charge in [0, 0.05) is 22.2 Å². The summed E-state index contributed by atoms with van der Waals surface area (Å²) in [5.74, 6) is 0.000505. The first-order chi connectivity index (χ1) is 9.97. The number of hydrogen-bond donors (Lipinski definition) is 1. The molecule has 0 bridgehead atoms. The van der Waals surface area contributed by atoms with Gasteiger partial charge in [-0.3, -0.25) is 5.41 Å². The van der Waals surface area contributed by atoms with E-state index in [1.54, 1.807) is 18.2 Å². The van der Waals surface area contributed by atoms with Crippen molar-refractivity contribution in [2.24, 2.45) is 0 Å². The molecule has 1 aliphatic heterocycles. The van der Waals surface area contributed by atoms with Crippen LogP contribution < -0.4 is 0 Å². The van der Waals surface area contributed by atoms with Gasteiger partial charge in [0.25, 0.3) is 0 Å². The molecule has 0 amide bonds. The van der Waals surface area contributed by atoms with Crippen molar-refractivity contribution in [1.29, 1.82) is 5.41 Å². The molecule has 0 aromatic heterocycles. The Labute approximate surface area is 132 Å². The van der Waals surface area contributed by atoms with E-state index in [1.807, 2.05) is 17.9 Å². The summed E-state index contributed by atoms with van der Waals surface area (Å²) in [4.78, 5) is 1.90. The molecule has 0 saturated carbocycles. The van der Waals surface area contributed by atoms with Crippen LogP contribution >= 0.6 is 23.2 Å².